The van der Waals surface area contributed by atoms with Crippen LogP contribution in [0.4, 0.5) is 0 Å². The molecule has 198 valence electrons. The van der Waals surface area contributed by atoms with E-state index in [1.165, 1.54) is 0 Å². The number of carbonyl (C=O) groups excluding carboxylic acids is 2. The van der Waals surface area contributed by atoms with Crippen molar-refractivity contribution >= 4 is 17.4 Å². The van der Waals surface area contributed by atoms with Crippen molar-refractivity contribution in [3.8, 4) is 11.5 Å². The van der Waals surface area contributed by atoms with Crippen molar-refractivity contribution in [3.05, 3.63) is 65.2 Å². The maximum Gasteiger partial charge on any atom is 0.295 e. The Labute approximate surface area is 218 Å². The van der Waals surface area contributed by atoms with E-state index in [-0.39, 0.29) is 11.3 Å². The summed E-state index contributed by atoms with van der Waals surface area (Å²) in [5.74, 6) is -0.0878. The average Bonchev–Trinajstić information content (AvgIpc) is 3.19. The lowest BCUT2D eigenvalue weighted by atomic mass is 9.95. The number of methoxy groups -OCH3 is 1. The Kier molecular flexibility index (Phi) is 9.19. The normalized spacial score (nSPS) is 19.8. The Balaban J connectivity index is 1.63. The molecule has 8 nitrogen and oxygen atoms in total. The first-order valence-electron chi connectivity index (χ1n) is 13.0. The number of aliphatic hydroxyl groups excluding tert-OH is 1. The molecule has 2 aromatic rings. The summed E-state index contributed by atoms with van der Waals surface area (Å²) in [5, 5.41) is 11.2. The molecule has 37 heavy (non-hydrogen) atoms. The monoisotopic (exact) mass is 508 g/mol. The fraction of sp³-hybridized carbons (Fsp3) is 0.448. The van der Waals surface area contributed by atoms with Crippen molar-refractivity contribution < 1.29 is 28.9 Å². The molecule has 1 amide bonds. The number of hydrogen-bond acceptors (Lipinski definition) is 7. The van der Waals surface area contributed by atoms with E-state index < -0.39 is 17.7 Å². The van der Waals surface area contributed by atoms with Gasteiger partial charge in [-0.2, -0.15) is 0 Å². The molecule has 2 aliphatic rings. The lowest BCUT2D eigenvalue weighted by Crippen LogP contribution is -2.38. The quantitative estimate of drug-likeness (QED) is 0.212. The Bertz CT molecular complexity index is 1090. The summed E-state index contributed by atoms with van der Waals surface area (Å²) in [6.45, 7) is 7.09. The third-order valence-corrected chi connectivity index (χ3v) is 6.84. The zero-order chi connectivity index (χ0) is 26.2. The molecule has 0 bridgehead atoms. The van der Waals surface area contributed by atoms with E-state index in [1.54, 1.807) is 36.3 Å². The van der Waals surface area contributed by atoms with Gasteiger partial charge < -0.3 is 24.2 Å². The maximum absolute atomic E-state index is 13.3. The Morgan fingerprint density at radius 3 is 2.30 bits per heavy atom. The van der Waals surface area contributed by atoms with Gasteiger partial charge in [0.05, 0.1) is 38.5 Å². The summed E-state index contributed by atoms with van der Waals surface area (Å²) in [6.07, 6.45) is 2.72. The molecule has 2 aromatic carbocycles. The van der Waals surface area contributed by atoms with Crippen LogP contribution in [0.25, 0.3) is 5.76 Å². The van der Waals surface area contributed by atoms with Gasteiger partial charge in [0.2, 0.25) is 0 Å². The lowest BCUT2D eigenvalue weighted by molar-refractivity contribution is -0.140. The summed E-state index contributed by atoms with van der Waals surface area (Å²) < 4.78 is 16.4. The van der Waals surface area contributed by atoms with E-state index in [1.807, 2.05) is 24.3 Å². The van der Waals surface area contributed by atoms with E-state index in [4.69, 9.17) is 14.2 Å². The molecule has 4 rings (SSSR count). The topological polar surface area (TPSA) is 88.5 Å². The number of aliphatic hydroxyl groups is 1. The SMILES string of the molecule is CCCCOc1ccc(C2/C(=C(\O)c3ccc(OC)cc3)C(=O)C(=O)N2CCCN2CCOCC2)cc1. The van der Waals surface area contributed by atoms with Gasteiger partial charge in [0.15, 0.2) is 0 Å². The Hall–Kier alpha value is -3.36. The first-order valence-corrected chi connectivity index (χ1v) is 13.0. The van der Waals surface area contributed by atoms with Crippen molar-refractivity contribution in [2.45, 2.75) is 32.2 Å². The number of benzene rings is 2. The van der Waals surface area contributed by atoms with Crippen LogP contribution < -0.4 is 9.47 Å². The fourth-order valence-electron chi connectivity index (χ4n) is 4.73. The zero-order valence-corrected chi connectivity index (χ0v) is 21.7. The minimum Gasteiger partial charge on any atom is -0.507 e. The van der Waals surface area contributed by atoms with Crippen LogP contribution in [-0.2, 0) is 14.3 Å². The highest BCUT2D eigenvalue weighted by Gasteiger charge is 2.45. The van der Waals surface area contributed by atoms with Crippen LogP contribution in [0.5, 0.6) is 11.5 Å². The van der Waals surface area contributed by atoms with E-state index in [9.17, 15) is 14.7 Å². The van der Waals surface area contributed by atoms with Crippen molar-refractivity contribution in [1.82, 2.24) is 9.80 Å². The second-order valence-corrected chi connectivity index (χ2v) is 9.30. The van der Waals surface area contributed by atoms with Gasteiger partial charge in [-0.1, -0.05) is 25.5 Å². The molecule has 0 aliphatic carbocycles. The van der Waals surface area contributed by atoms with E-state index in [0.717, 1.165) is 43.8 Å². The number of ether oxygens (including phenoxy) is 3. The molecule has 2 saturated heterocycles. The number of hydrogen-bond donors (Lipinski definition) is 1. The number of unbranched alkanes of at least 4 members (excludes halogenated alkanes) is 1. The lowest BCUT2D eigenvalue weighted by Gasteiger charge is -2.29. The molecule has 1 atom stereocenters. The summed E-state index contributed by atoms with van der Waals surface area (Å²) in [5.41, 5.74) is 1.31. The zero-order valence-electron chi connectivity index (χ0n) is 21.7. The smallest absolute Gasteiger partial charge is 0.295 e. The molecule has 1 unspecified atom stereocenters. The summed E-state index contributed by atoms with van der Waals surface area (Å²) in [4.78, 5) is 30.4. The highest BCUT2D eigenvalue weighted by molar-refractivity contribution is 6.46. The van der Waals surface area contributed by atoms with Gasteiger partial charge in [0, 0.05) is 31.7 Å². The van der Waals surface area contributed by atoms with E-state index in [0.29, 0.717) is 44.1 Å². The summed E-state index contributed by atoms with van der Waals surface area (Å²) in [6, 6.07) is 13.6. The minimum atomic E-state index is -0.684. The van der Waals surface area contributed by atoms with Crippen molar-refractivity contribution in [3.63, 3.8) is 0 Å². The molecule has 2 heterocycles. The number of nitrogens with zero attached hydrogens (tertiary/aromatic N) is 2. The maximum atomic E-state index is 13.3. The second kappa shape index (κ2) is 12.7. The van der Waals surface area contributed by atoms with Crippen LogP contribution in [-0.4, -0.2) is 79.7 Å². The van der Waals surface area contributed by atoms with Gasteiger partial charge >= 0.3 is 0 Å². The molecule has 0 aromatic heterocycles. The first-order chi connectivity index (χ1) is 18.0. The summed E-state index contributed by atoms with van der Waals surface area (Å²) >= 11 is 0. The number of likely N-dealkylation sites (tertiary alicyclic amines) is 1. The molecule has 8 heteroatoms. The number of Topliss-reactive ketones (excluding diaryl/α,β-unsaturated/α-hetero) is 1. The molecule has 1 N–H and O–H groups in total. The molecule has 0 radical (unpaired) electrons. The third-order valence-electron chi connectivity index (χ3n) is 6.84. The highest BCUT2D eigenvalue weighted by Crippen LogP contribution is 2.40. The van der Waals surface area contributed by atoms with Crippen molar-refractivity contribution in [2.75, 3.05) is 53.1 Å². The average molecular weight is 509 g/mol. The molecule has 0 saturated carbocycles. The van der Waals surface area contributed by atoms with Crippen LogP contribution in [0.1, 0.15) is 43.4 Å². The van der Waals surface area contributed by atoms with E-state index >= 15 is 0 Å². The van der Waals surface area contributed by atoms with Gasteiger partial charge in [-0.05, 0) is 54.8 Å². The highest BCUT2D eigenvalue weighted by atomic mass is 16.5. The van der Waals surface area contributed by atoms with Gasteiger partial charge in [-0.15, -0.1) is 0 Å². The van der Waals surface area contributed by atoms with Crippen molar-refractivity contribution in [1.29, 1.82) is 0 Å². The van der Waals surface area contributed by atoms with Crippen LogP contribution in [0.15, 0.2) is 54.1 Å². The number of morpholine rings is 1. The largest absolute Gasteiger partial charge is 0.507 e. The first kappa shape index (κ1) is 26.7. The van der Waals surface area contributed by atoms with Crippen molar-refractivity contribution in [2.24, 2.45) is 0 Å². The van der Waals surface area contributed by atoms with Gasteiger partial charge in [0.25, 0.3) is 11.7 Å². The third kappa shape index (κ3) is 6.32. The Morgan fingerprint density at radius 2 is 1.65 bits per heavy atom. The van der Waals surface area contributed by atoms with Gasteiger partial charge in [-0.25, -0.2) is 0 Å². The minimum absolute atomic E-state index is 0.0983. The summed E-state index contributed by atoms with van der Waals surface area (Å²) in [7, 11) is 1.56. The van der Waals surface area contributed by atoms with Crippen LogP contribution >= 0.6 is 0 Å². The number of carbonyl (C=O) groups is 2. The molecule has 0 spiro atoms. The van der Waals surface area contributed by atoms with Gasteiger partial charge in [0.1, 0.15) is 17.3 Å². The molecule has 2 fully saturated rings. The number of ketones is 1. The molecular formula is C29H36N2O6. The van der Waals surface area contributed by atoms with Crippen LogP contribution in [0.3, 0.4) is 0 Å². The van der Waals surface area contributed by atoms with Crippen LogP contribution in [0.2, 0.25) is 0 Å². The number of rotatable bonds is 11. The predicted octanol–water partition coefficient (Wildman–Crippen LogP) is 4.02. The fourth-order valence-corrected chi connectivity index (χ4v) is 4.73. The molecular weight excluding hydrogens is 472 g/mol. The Morgan fingerprint density at radius 1 is 0.973 bits per heavy atom. The second-order valence-electron chi connectivity index (χ2n) is 9.30. The standard InChI is InChI=1S/C29H36N2O6/c1-3-4-18-37-24-12-6-21(7-13-24)26-25(27(32)22-8-10-23(35-2)11-9-22)28(33)29(34)31(26)15-5-14-30-16-19-36-20-17-30/h6-13,26,32H,3-5,14-20H2,1-2H3/b27-25+. The number of amides is 1. The molecule has 2 aliphatic heterocycles. The predicted molar refractivity (Wildman–Crippen MR) is 141 cm³/mol. The van der Waals surface area contributed by atoms with E-state index in [2.05, 4.69) is 11.8 Å². The van der Waals surface area contributed by atoms with Gasteiger partial charge in [-0.3, -0.25) is 14.5 Å². The van der Waals surface area contributed by atoms with Crippen LogP contribution in [0, 0.1) is 0 Å².